The molecule has 0 amide bonds. The van der Waals surface area contributed by atoms with Gasteiger partial charge in [-0.05, 0) is 5.56 Å². The average molecular weight is 371 g/mol. The van der Waals surface area contributed by atoms with E-state index < -0.39 is 24.5 Å². The number of nitrogens with zero attached hydrogens (tertiary/aromatic N) is 5. The third-order valence-electron chi connectivity index (χ3n) is 4.75. The van der Waals surface area contributed by atoms with E-state index in [0.717, 1.165) is 5.56 Å². The van der Waals surface area contributed by atoms with Crippen molar-refractivity contribution in [1.29, 1.82) is 0 Å². The minimum absolute atomic E-state index is 0.387. The quantitative estimate of drug-likeness (QED) is 0.577. The molecule has 3 aromatic rings. The van der Waals surface area contributed by atoms with Gasteiger partial charge in [-0.25, -0.2) is 15.0 Å². The number of anilines is 1. The van der Waals surface area contributed by atoms with Gasteiger partial charge in [-0.2, -0.15) is 0 Å². The van der Waals surface area contributed by atoms with Crippen LogP contribution in [0.2, 0.25) is 0 Å². The number of rotatable bonds is 5. The molecule has 142 valence electrons. The summed E-state index contributed by atoms with van der Waals surface area (Å²) in [7, 11) is 1.92. The Morgan fingerprint density at radius 3 is 2.59 bits per heavy atom. The van der Waals surface area contributed by atoms with Crippen molar-refractivity contribution in [2.75, 3.05) is 18.6 Å². The second kappa shape index (κ2) is 7.20. The first-order valence-corrected chi connectivity index (χ1v) is 8.65. The van der Waals surface area contributed by atoms with Gasteiger partial charge < -0.3 is 25.0 Å². The molecule has 9 nitrogen and oxygen atoms in total. The monoisotopic (exact) mass is 371 g/mol. The number of aromatic nitrogens is 4. The minimum Gasteiger partial charge on any atom is -0.394 e. The fourth-order valence-corrected chi connectivity index (χ4v) is 3.35. The van der Waals surface area contributed by atoms with Crippen LogP contribution in [0.4, 0.5) is 5.82 Å². The Morgan fingerprint density at radius 1 is 1.11 bits per heavy atom. The highest BCUT2D eigenvalue weighted by Crippen LogP contribution is 2.32. The van der Waals surface area contributed by atoms with Crippen LogP contribution in [-0.4, -0.2) is 66.8 Å². The lowest BCUT2D eigenvalue weighted by atomic mass is 10.1. The second-order valence-electron chi connectivity index (χ2n) is 6.59. The average Bonchev–Trinajstić information content (AvgIpc) is 3.24. The summed E-state index contributed by atoms with van der Waals surface area (Å²) in [4.78, 5) is 15.0. The fourth-order valence-electron chi connectivity index (χ4n) is 3.35. The van der Waals surface area contributed by atoms with Crippen LogP contribution in [0.25, 0.3) is 11.2 Å². The highest BCUT2D eigenvalue weighted by Gasteiger charge is 2.44. The Hall–Kier alpha value is -2.59. The van der Waals surface area contributed by atoms with Crippen LogP contribution in [-0.2, 0) is 11.3 Å². The maximum Gasteiger partial charge on any atom is 0.167 e. The largest absolute Gasteiger partial charge is 0.394 e. The van der Waals surface area contributed by atoms with Crippen LogP contribution in [0.3, 0.4) is 0 Å². The molecule has 2 aromatic heterocycles. The molecule has 0 radical (unpaired) electrons. The SMILES string of the molecule is CN(Cc1ccccc1)c1ncnc2c1ncn2[C@@H]1O[C@H](CO)[C@@H](O)[C@H]1O. The number of fused-ring (bicyclic) bond motifs is 1. The summed E-state index contributed by atoms with van der Waals surface area (Å²) in [5.74, 6) is 0.648. The van der Waals surface area contributed by atoms with Crippen LogP contribution in [0.15, 0.2) is 43.0 Å². The third-order valence-corrected chi connectivity index (χ3v) is 4.75. The van der Waals surface area contributed by atoms with Gasteiger partial charge in [-0.1, -0.05) is 30.3 Å². The van der Waals surface area contributed by atoms with Gasteiger partial charge >= 0.3 is 0 Å². The molecule has 0 saturated carbocycles. The van der Waals surface area contributed by atoms with Crippen molar-refractivity contribution < 1.29 is 20.1 Å². The molecule has 0 unspecified atom stereocenters. The van der Waals surface area contributed by atoms with Gasteiger partial charge in [0.1, 0.15) is 24.6 Å². The number of aliphatic hydroxyl groups excluding tert-OH is 3. The number of benzene rings is 1. The summed E-state index contributed by atoms with van der Waals surface area (Å²) >= 11 is 0. The van der Waals surface area contributed by atoms with Crippen LogP contribution in [0, 0.1) is 0 Å². The van der Waals surface area contributed by atoms with E-state index in [1.807, 2.05) is 42.3 Å². The van der Waals surface area contributed by atoms with Crippen molar-refractivity contribution in [3.8, 4) is 0 Å². The van der Waals surface area contributed by atoms with E-state index in [2.05, 4.69) is 15.0 Å². The van der Waals surface area contributed by atoms with Crippen LogP contribution >= 0.6 is 0 Å². The first kappa shape index (κ1) is 17.8. The summed E-state index contributed by atoms with van der Waals surface area (Å²) in [5, 5.41) is 29.6. The molecule has 1 aliphatic heterocycles. The van der Waals surface area contributed by atoms with E-state index >= 15 is 0 Å². The number of imidazole rings is 1. The van der Waals surface area contributed by atoms with E-state index in [4.69, 9.17) is 4.74 Å². The summed E-state index contributed by atoms with van der Waals surface area (Å²) in [5.41, 5.74) is 2.18. The molecule has 3 heterocycles. The third kappa shape index (κ3) is 3.15. The fraction of sp³-hybridized carbons (Fsp3) is 0.389. The number of ether oxygens (including phenoxy) is 1. The molecule has 27 heavy (non-hydrogen) atoms. The molecule has 0 bridgehead atoms. The zero-order valence-electron chi connectivity index (χ0n) is 14.8. The molecule has 1 aliphatic rings. The number of hydrogen-bond acceptors (Lipinski definition) is 8. The Morgan fingerprint density at radius 2 is 1.89 bits per heavy atom. The van der Waals surface area contributed by atoms with Crippen molar-refractivity contribution in [3.05, 3.63) is 48.5 Å². The molecule has 4 atom stereocenters. The van der Waals surface area contributed by atoms with Gasteiger partial charge in [0.2, 0.25) is 0 Å². The predicted octanol–water partition coefficient (Wildman–Crippen LogP) is 0.0742. The summed E-state index contributed by atoms with van der Waals surface area (Å²) in [6, 6.07) is 10.00. The Kier molecular flexibility index (Phi) is 4.75. The van der Waals surface area contributed by atoms with Crippen molar-refractivity contribution in [2.45, 2.75) is 31.1 Å². The van der Waals surface area contributed by atoms with Crippen LogP contribution in [0.1, 0.15) is 11.8 Å². The number of hydrogen-bond donors (Lipinski definition) is 3. The molecule has 1 saturated heterocycles. The van der Waals surface area contributed by atoms with Gasteiger partial charge in [0, 0.05) is 13.6 Å². The van der Waals surface area contributed by atoms with E-state index in [1.54, 1.807) is 4.57 Å². The Labute approximate surface area is 155 Å². The van der Waals surface area contributed by atoms with Gasteiger partial charge in [0.05, 0.1) is 12.9 Å². The molecule has 3 N–H and O–H groups in total. The maximum absolute atomic E-state index is 10.3. The van der Waals surface area contributed by atoms with E-state index in [-0.39, 0.29) is 6.61 Å². The molecule has 1 aromatic carbocycles. The van der Waals surface area contributed by atoms with Gasteiger partial charge in [0.15, 0.2) is 23.2 Å². The lowest BCUT2D eigenvalue weighted by molar-refractivity contribution is -0.0511. The van der Waals surface area contributed by atoms with Crippen molar-refractivity contribution >= 4 is 17.0 Å². The Balaban J connectivity index is 1.66. The smallest absolute Gasteiger partial charge is 0.167 e. The normalized spacial score (nSPS) is 25.2. The maximum atomic E-state index is 10.3. The van der Waals surface area contributed by atoms with E-state index in [9.17, 15) is 15.3 Å². The van der Waals surface area contributed by atoms with Crippen LogP contribution in [0.5, 0.6) is 0 Å². The van der Waals surface area contributed by atoms with Gasteiger partial charge in [0.25, 0.3) is 0 Å². The van der Waals surface area contributed by atoms with Gasteiger partial charge in [-0.15, -0.1) is 0 Å². The topological polar surface area (TPSA) is 117 Å². The summed E-state index contributed by atoms with van der Waals surface area (Å²) in [6.07, 6.45) is -1.19. The zero-order chi connectivity index (χ0) is 19.0. The standard InChI is InChI=1S/C18H21N5O4/c1-22(7-11-5-3-2-4-6-11)16-13-17(20-9-19-16)23(10-21-13)18-15(26)14(25)12(8-24)27-18/h2-6,9-10,12,14-15,18,24-26H,7-8H2,1H3/t12-,14-,15-,18-/m1/s1. The molecule has 0 aliphatic carbocycles. The first-order chi connectivity index (χ1) is 13.1. The van der Waals surface area contributed by atoms with Crippen molar-refractivity contribution in [3.63, 3.8) is 0 Å². The lowest BCUT2D eigenvalue weighted by Crippen LogP contribution is -2.33. The molecule has 4 rings (SSSR count). The van der Waals surface area contributed by atoms with E-state index in [1.165, 1.54) is 12.7 Å². The predicted molar refractivity (Wildman–Crippen MR) is 96.9 cm³/mol. The highest BCUT2D eigenvalue weighted by molar-refractivity contribution is 5.83. The Bertz CT molecular complexity index is 919. The molecular formula is C18H21N5O4. The van der Waals surface area contributed by atoms with Crippen molar-refractivity contribution in [2.24, 2.45) is 0 Å². The zero-order valence-corrected chi connectivity index (χ0v) is 14.8. The van der Waals surface area contributed by atoms with E-state index in [0.29, 0.717) is 23.5 Å². The van der Waals surface area contributed by atoms with Crippen LogP contribution < -0.4 is 4.90 Å². The van der Waals surface area contributed by atoms with Gasteiger partial charge in [-0.3, -0.25) is 4.57 Å². The minimum atomic E-state index is -1.19. The highest BCUT2D eigenvalue weighted by atomic mass is 16.6. The van der Waals surface area contributed by atoms with Crippen molar-refractivity contribution in [1.82, 2.24) is 19.5 Å². The molecule has 0 spiro atoms. The number of aliphatic hydroxyl groups is 3. The summed E-state index contributed by atoms with van der Waals surface area (Å²) in [6.45, 7) is 0.259. The lowest BCUT2D eigenvalue weighted by Gasteiger charge is -2.19. The molecule has 9 heteroatoms. The second-order valence-corrected chi connectivity index (χ2v) is 6.59. The summed E-state index contributed by atoms with van der Waals surface area (Å²) < 4.78 is 7.14. The first-order valence-electron chi connectivity index (χ1n) is 8.65. The molecular weight excluding hydrogens is 350 g/mol. The molecule has 1 fully saturated rings.